The molecule has 0 spiro atoms. The van der Waals surface area contributed by atoms with Crippen molar-refractivity contribution in [1.29, 1.82) is 0 Å². The molecule has 0 saturated heterocycles. The summed E-state index contributed by atoms with van der Waals surface area (Å²) >= 11 is 0. The molecule has 0 saturated carbocycles. The van der Waals surface area contributed by atoms with E-state index in [1.807, 2.05) is 6.92 Å². The lowest BCUT2D eigenvalue weighted by Crippen LogP contribution is -2.33. The van der Waals surface area contributed by atoms with Crippen molar-refractivity contribution >= 4 is 11.8 Å². The maximum Gasteiger partial charge on any atom is 0.343 e. The van der Waals surface area contributed by atoms with Gasteiger partial charge in [0.2, 0.25) is 5.78 Å². The summed E-state index contributed by atoms with van der Waals surface area (Å²) in [5.41, 5.74) is 8.89. The first-order chi connectivity index (χ1) is 11.9. The highest BCUT2D eigenvalue weighted by molar-refractivity contribution is 6.26. The average Bonchev–Trinajstić information content (AvgIpc) is 2.56. The normalized spacial score (nSPS) is 22.8. The molecule has 2 atom stereocenters. The highest BCUT2D eigenvalue weighted by Gasteiger charge is 2.40. The Kier molecular flexibility index (Phi) is 5.88. The topological polar surface area (TPSA) is 133 Å². The van der Waals surface area contributed by atoms with Gasteiger partial charge in [-0.15, -0.1) is 0 Å². The van der Waals surface area contributed by atoms with E-state index in [4.69, 9.17) is 15.4 Å². The van der Waals surface area contributed by atoms with Gasteiger partial charge in [-0.25, -0.2) is 4.79 Å². The van der Waals surface area contributed by atoms with Crippen LogP contribution in [0.1, 0.15) is 39.5 Å². The summed E-state index contributed by atoms with van der Waals surface area (Å²) in [6.45, 7) is 3.99. The van der Waals surface area contributed by atoms with Crippen molar-refractivity contribution < 1.29 is 24.5 Å². The number of nitrogens with zero attached hydrogens (tertiary/aromatic N) is 3. The SMILES string of the molecule is CC1=C2C(=CO[C@@H](CCCCCN=[N+]=[N-])[C@@H]2C)C(=O)C(C(=O)O)=C1O. The highest BCUT2D eigenvalue weighted by atomic mass is 16.5. The smallest absolute Gasteiger partial charge is 0.343 e. The Morgan fingerprint density at radius 2 is 2.12 bits per heavy atom. The third-order valence-electron chi connectivity index (χ3n) is 4.66. The van der Waals surface area contributed by atoms with Gasteiger partial charge < -0.3 is 14.9 Å². The summed E-state index contributed by atoms with van der Waals surface area (Å²) in [5, 5.41) is 22.8. The largest absolute Gasteiger partial charge is 0.507 e. The number of rotatable bonds is 7. The number of allylic oxidation sites excluding steroid dienone is 2. The number of ether oxygens (including phenoxy) is 1. The zero-order valence-corrected chi connectivity index (χ0v) is 14.2. The number of carboxylic acids is 1. The maximum absolute atomic E-state index is 12.3. The summed E-state index contributed by atoms with van der Waals surface area (Å²) in [5.74, 6) is -2.77. The Morgan fingerprint density at radius 3 is 2.76 bits per heavy atom. The number of hydrogen-bond donors (Lipinski definition) is 2. The molecule has 134 valence electrons. The van der Waals surface area contributed by atoms with Crippen molar-refractivity contribution in [3.63, 3.8) is 0 Å². The molecular formula is C17H21N3O5. The van der Waals surface area contributed by atoms with E-state index >= 15 is 0 Å². The molecule has 25 heavy (non-hydrogen) atoms. The molecule has 2 N–H and O–H groups in total. The van der Waals surface area contributed by atoms with Crippen LogP contribution in [0, 0.1) is 5.92 Å². The van der Waals surface area contributed by atoms with Gasteiger partial charge in [0.1, 0.15) is 17.4 Å². The number of azide groups is 1. The quantitative estimate of drug-likeness (QED) is 0.239. The summed E-state index contributed by atoms with van der Waals surface area (Å²) in [7, 11) is 0. The molecular weight excluding hydrogens is 326 g/mol. The summed E-state index contributed by atoms with van der Waals surface area (Å²) in [4.78, 5) is 26.3. The summed E-state index contributed by atoms with van der Waals surface area (Å²) in [6.07, 6.45) is 4.50. The van der Waals surface area contributed by atoms with Gasteiger partial charge in [-0.3, -0.25) is 4.79 Å². The molecule has 0 unspecified atom stereocenters. The molecule has 8 nitrogen and oxygen atoms in total. The van der Waals surface area contributed by atoms with E-state index in [0.717, 1.165) is 25.7 Å². The molecule has 0 amide bonds. The van der Waals surface area contributed by atoms with Crippen molar-refractivity contribution in [1.82, 2.24) is 0 Å². The first kappa shape index (κ1) is 18.6. The molecule has 0 aromatic rings. The molecule has 0 bridgehead atoms. The van der Waals surface area contributed by atoms with Crippen LogP contribution >= 0.6 is 0 Å². The lowest BCUT2D eigenvalue weighted by Gasteiger charge is -2.34. The van der Waals surface area contributed by atoms with E-state index in [0.29, 0.717) is 17.7 Å². The molecule has 8 heteroatoms. The Morgan fingerprint density at radius 1 is 1.40 bits per heavy atom. The van der Waals surface area contributed by atoms with Gasteiger partial charge >= 0.3 is 5.97 Å². The van der Waals surface area contributed by atoms with Crippen LogP contribution in [0.15, 0.2) is 39.4 Å². The summed E-state index contributed by atoms with van der Waals surface area (Å²) in [6, 6.07) is 0. The van der Waals surface area contributed by atoms with Crippen molar-refractivity contribution in [2.75, 3.05) is 6.54 Å². The van der Waals surface area contributed by atoms with Crippen LogP contribution < -0.4 is 0 Å². The van der Waals surface area contributed by atoms with Crippen LogP contribution in [-0.4, -0.2) is 34.6 Å². The predicted octanol–water partition coefficient (Wildman–Crippen LogP) is 3.57. The molecule has 0 fully saturated rings. The van der Waals surface area contributed by atoms with E-state index in [1.54, 1.807) is 6.92 Å². The molecule has 0 radical (unpaired) electrons. The third kappa shape index (κ3) is 3.69. The zero-order valence-electron chi connectivity index (χ0n) is 14.2. The molecule has 2 rings (SSSR count). The number of aliphatic hydroxyl groups excluding tert-OH is 1. The summed E-state index contributed by atoms with van der Waals surface area (Å²) < 4.78 is 5.67. The second-order valence-electron chi connectivity index (χ2n) is 6.20. The molecule has 2 aliphatic rings. The van der Waals surface area contributed by atoms with E-state index in [-0.39, 0.29) is 17.6 Å². The number of fused-ring (bicyclic) bond motifs is 1. The van der Waals surface area contributed by atoms with Crippen molar-refractivity contribution in [2.24, 2.45) is 11.0 Å². The van der Waals surface area contributed by atoms with Crippen molar-refractivity contribution in [3.05, 3.63) is 44.8 Å². The minimum absolute atomic E-state index is 0.140. The van der Waals surface area contributed by atoms with Crippen LogP contribution in [0.2, 0.25) is 0 Å². The predicted molar refractivity (Wildman–Crippen MR) is 89.6 cm³/mol. The van der Waals surface area contributed by atoms with Crippen molar-refractivity contribution in [3.8, 4) is 0 Å². The molecule has 1 aliphatic heterocycles. The van der Waals surface area contributed by atoms with E-state index in [2.05, 4.69) is 10.0 Å². The molecule has 0 aromatic heterocycles. The van der Waals surface area contributed by atoms with Gasteiger partial charge in [0.05, 0.1) is 11.8 Å². The van der Waals surface area contributed by atoms with Crippen LogP contribution in [0.3, 0.4) is 0 Å². The van der Waals surface area contributed by atoms with E-state index in [9.17, 15) is 14.7 Å². The van der Waals surface area contributed by atoms with Crippen LogP contribution in [0.5, 0.6) is 0 Å². The fourth-order valence-electron chi connectivity index (χ4n) is 3.31. The standard InChI is InChI=1S/C17H21N3O5/c1-9-12(6-4-3-5-7-19-20-18)25-8-11-13(9)10(2)15(21)14(16(11)22)17(23)24/h8-9,12,21H,3-7H2,1-2H3,(H,23,24)/t9-,12-/m0/s1. The van der Waals surface area contributed by atoms with Crippen LogP contribution in [-0.2, 0) is 14.3 Å². The number of aliphatic hydroxyl groups is 1. The number of unbranched alkanes of at least 4 members (excludes halogenated alkanes) is 2. The Hall–Kier alpha value is -2.73. The number of aliphatic carboxylic acids is 1. The van der Waals surface area contributed by atoms with Crippen LogP contribution in [0.25, 0.3) is 10.4 Å². The Labute approximate surface area is 145 Å². The van der Waals surface area contributed by atoms with Gasteiger partial charge in [-0.2, -0.15) is 0 Å². The lowest BCUT2D eigenvalue weighted by molar-refractivity contribution is -0.134. The Bertz CT molecular complexity index is 729. The number of hydrogen-bond acceptors (Lipinski definition) is 5. The van der Waals surface area contributed by atoms with Gasteiger partial charge in [-0.1, -0.05) is 18.5 Å². The van der Waals surface area contributed by atoms with Crippen LogP contribution in [0.4, 0.5) is 0 Å². The van der Waals surface area contributed by atoms with E-state index in [1.165, 1.54) is 6.26 Å². The minimum Gasteiger partial charge on any atom is -0.507 e. The van der Waals surface area contributed by atoms with Gasteiger partial charge in [0, 0.05) is 17.4 Å². The first-order valence-corrected chi connectivity index (χ1v) is 8.19. The molecule has 1 aliphatic carbocycles. The fourth-order valence-corrected chi connectivity index (χ4v) is 3.31. The van der Waals surface area contributed by atoms with Gasteiger partial charge in [0.15, 0.2) is 0 Å². The van der Waals surface area contributed by atoms with Crippen molar-refractivity contribution in [2.45, 2.75) is 45.6 Å². The third-order valence-corrected chi connectivity index (χ3v) is 4.66. The molecule has 1 heterocycles. The second kappa shape index (κ2) is 7.90. The lowest BCUT2D eigenvalue weighted by atomic mass is 9.76. The molecule has 0 aromatic carbocycles. The van der Waals surface area contributed by atoms with Gasteiger partial charge in [-0.05, 0) is 42.9 Å². The number of ketones is 1. The second-order valence-corrected chi connectivity index (χ2v) is 6.20. The van der Waals surface area contributed by atoms with Gasteiger partial charge in [0.25, 0.3) is 0 Å². The average molecular weight is 347 g/mol. The monoisotopic (exact) mass is 347 g/mol. The minimum atomic E-state index is -1.45. The Balaban J connectivity index is 2.14. The first-order valence-electron chi connectivity index (χ1n) is 8.19. The maximum atomic E-state index is 12.3. The number of carbonyl (C=O) groups is 2. The number of carboxylic acid groups (broad SMARTS) is 1. The highest BCUT2D eigenvalue weighted by Crippen LogP contribution is 2.40. The number of carbonyl (C=O) groups excluding carboxylic acids is 1. The zero-order chi connectivity index (χ0) is 18.6. The fraction of sp³-hybridized carbons (Fsp3) is 0.529. The van der Waals surface area contributed by atoms with E-state index < -0.39 is 23.1 Å². The number of Topliss-reactive ketones (excluding diaryl/α,β-unsaturated/α-hetero) is 1.